The number of carbonyl (C=O) groups is 1. The van der Waals surface area contributed by atoms with Gasteiger partial charge < -0.3 is 14.8 Å². The molecule has 0 aliphatic heterocycles. The Morgan fingerprint density at radius 3 is 2.40 bits per heavy atom. The van der Waals surface area contributed by atoms with Gasteiger partial charge >= 0.3 is 5.97 Å². The van der Waals surface area contributed by atoms with Crippen LogP contribution in [0.4, 0.5) is 11.5 Å². The lowest BCUT2D eigenvalue weighted by Gasteiger charge is -2.09. The number of esters is 1. The molecule has 152 valence electrons. The molecule has 0 spiro atoms. The zero-order valence-electron chi connectivity index (χ0n) is 16.3. The van der Waals surface area contributed by atoms with Gasteiger partial charge in [0.25, 0.3) is 0 Å². The molecule has 0 fully saturated rings. The summed E-state index contributed by atoms with van der Waals surface area (Å²) in [7, 11) is 0. The van der Waals surface area contributed by atoms with Crippen molar-refractivity contribution in [3.8, 4) is 11.5 Å². The third kappa shape index (κ3) is 4.22. The molecule has 0 atom stereocenters. The summed E-state index contributed by atoms with van der Waals surface area (Å²) in [4.78, 5) is 22.2. The molecule has 0 amide bonds. The van der Waals surface area contributed by atoms with Crippen LogP contribution in [0.2, 0.25) is 5.02 Å². The van der Waals surface area contributed by atoms with Gasteiger partial charge in [0.05, 0.1) is 12.0 Å². The first-order valence-corrected chi connectivity index (χ1v) is 10.5. The van der Waals surface area contributed by atoms with Crippen LogP contribution >= 0.6 is 22.9 Å². The van der Waals surface area contributed by atoms with Gasteiger partial charge in [-0.3, -0.25) is 0 Å². The first-order chi connectivity index (χ1) is 14.5. The van der Waals surface area contributed by atoms with Crippen molar-refractivity contribution in [1.82, 2.24) is 9.97 Å². The second-order valence-corrected chi connectivity index (χ2v) is 7.82. The maximum atomic E-state index is 12.2. The van der Waals surface area contributed by atoms with Gasteiger partial charge in [0.2, 0.25) is 0 Å². The van der Waals surface area contributed by atoms with Crippen molar-refractivity contribution in [2.45, 2.75) is 13.8 Å². The van der Waals surface area contributed by atoms with Gasteiger partial charge in [-0.1, -0.05) is 11.6 Å². The number of aromatic nitrogens is 2. The summed E-state index contributed by atoms with van der Waals surface area (Å²) in [6.45, 7) is 3.99. The van der Waals surface area contributed by atoms with E-state index in [4.69, 9.17) is 21.1 Å². The lowest BCUT2D eigenvalue weighted by atomic mass is 10.2. The minimum Gasteiger partial charge on any atom is -0.462 e. The fourth-order valence-corrected chi connectivity index (χ4v) is 4.11. The Morgan fingerprint density at radius 1 is 1.07 bits per heavy atom. The number of ether oxygens (including phenoxy) is 2. The molecule has 0 unspecified atom stereocenters. The predicted octanol–water partition coefficient (Wildman–Crippen LogP) is 6.37. The van der Waals surface area contributed by atoms with Gasteiger partial charge in [0.1, 0.15) is 33.4 Å². The van der Waals surface area contributed by atoms with Crippen molar-refractivity contribution >= 4 is 50.6 Å². The number of nitrogens with one attached hydrogen (secondary N) is 1. The summed E-state index contributed by atoms with van der Waals surface area (Å²) >= 11 is 7.21. The van der Waals surface area contributed by atoms with E-state index < -0.39 is 0 Å². The lowest BCUT2D eigenvalue weighted by molar-refractivity contribution is 0.0531. The third-order valence-electron chi connectivity index (χ3n) is 4.35. The molecule has 6 nitrogen and oxygen atoms in total. The summed E-state index contributed by atoms with van der Waals surface area (Å²) in [6.07, 6.45) is 1.48. The molecule has 4 rings (SSSR count). The maximum Gasteiger partial charge on any atom is 0.348 e. The Bertz CT molecular complexity index is 1190. The molecule has 0 saturated heterocycles. The highest BCUT2D eigenvalue weighted by atomic mass is 35.5. The zero-order valence-corrected chi connectivity index (χ0v) is 17.9. The Morgan fingerprint density at radius 2 is 1.73 bits per heavy atom. The fourth-order valence-electron chi connectivity index (χ4n) is 2.94. The number of aryl methyl sites for hydroxylation is 1. The average Bonchev–Trinajstić information content (AvgIpc) is 3.09. The van der Waals surface area contributed by atoms with E-state index in [2.05, 4.69) is 15.3 Å². The van der Waals surface area contributed by atoms with Crippen LogP contribution in [0.5, 0.6) is 11.5 Å². The Balaban J connectivity index is 1.56. The highest BCUT2D eigenvalue weighted by Crippen LogP contribution is 2.35. The second kappa shape index (κ2) is 8.69. The number of rotatable bonds is 6. The van der Waals surface area contributed by atoms with Crippen molar-refractivity contribution in [2.75, 3.05) is 11.9 Å². The second-order valence-electron chi connectivity index (χ2n) is 6.38. The number of benzene rings is 2. The van der Waals surface area contributed by atoms with Crippen molar-refractivity contribution < 1.29 is 14.3 Å². The van der Waals surface area contributed by atoms with E-state index in [9.17, 15) is 4.79 Å². The van der Waals surface area contributed by atoms with Crippen molar-refractivity contribution in [1.29, 1.82) is 0 Å². The highest BCUT2D eigenvalue weighted by Gasteiger charge is 2.20. The molecule has 0 bridgehead atoms. The van der Waals surface area contributed by atoms with Crippen molar-refractivity contribution in [2.24, 2.45) is 0 Å². The fraction of sp³-hybridized carbons (Fsp3) is 0.136. The van der Waals surface area contributed by atoms with E-state index in [1.807, 2.05) is 43.3 Å². The topological polar surface area (TPSA) is 73.3 Å². The SMILES string of the molecule is CCOC(=O)c1sc2ncnc(Nc3ccc(Oc4ccc(Cl)cc4)cc3)c2c1C. The molecular formula is C22H18ClN3O3S. The van der Waals surface area contributed by atoms with Gasteiger partial charge in [-0.05, 0) is 67.9 Å². The van der Waals surface area contributed by atoms with Crippen molar-refractivity contribution in [3.05, 3.63) is 70.3 Å². The molecule has 0 aliphatic rings. The largest absolute Gasteiger partial charge is 0.462 e. The zero-order chi connectivity index (χ0) is 21.1. The molecule has 2 aromatic heterocycles. The molecular weight excluding hydrogens is 422 g/mol. The van der Waals surface area contributed by atoms with Gasteiger partial charge in [-0.25, -0.2) is 14.8 Å². The first kappa shape index (κ1) is 20.1. The molecule has 30 heavy (non-hydrogen) atoms. The number of fused-ring (bicyclic) bond motifs is 1. The standard InChI is InChI=1S/C22H18ClN3O3S/c1-3-28-22(27)19-13(2)18-20(24-12-25-21(18)30-19)26-15-6-10-17(11-7-15)29-16-8-4-14(23)5-9-16/h4-12H,3H2,1-2H3,(H,24,25,26). The summed E-state index contributed by atoms with van der Waals surface area (Å²) < 4.78 is 11.0. The summed E-state index contributed by atoms with van der Waals surface area (Å²) in [6, 6.07) is 14.7. The monoisotopic (exact) mass is 439 g/mol. The summed E-state index contributed by atoms with van der Waals surface area (Å²) in [5, 5.41) is 4.77. The van der Waals surface area contributed by atoms with Crippen LogP contribution in [-0.2, 0) is 4.74 Å². The van der Waals surface area contributed by atoms with Gasteiger partial charge in [-0.2, -0.15) is 0 Å². The molecule has 2 heterocycles. The Kier molecular flexibility index (Phi) is 5.83. The number of thiophene rings is 1. The van der Waals surface area contributed by atoms with Crippen LogP contribution in [0, 0.1) is 6.92 Å². The van der Waals surface area contributed by atoms with Gasteiger partial charge in [0, 0.05) is 10.7 Å². The maximum absolute atomic E-state index is 12.2. The summed E-state index contributed by atoms with van der Waals surface area (Å²) in [5.41, 5.74) is 1.64. The highest BCUT2D eigenvalue weighted by molar-refractivity contribution is 7.20. The lowest BCUT2D eigenvalue weighted by Crippen LogP contribution is -2.03. The third-order valence-corrected chi connectivity index (χ3v) is 5.79. The Hall–Kier alpha value is -3.16. The Labute approximate surface area is 182 Å². The van der Waals surface area contributed by atoms with Crippen LogP contribution in [0.15, 0.2) is 54.9 Å². The smallest absolute Gasteiger partial charge is 0.348 e. The van der Waals surface area contributed by atoms with Crippen LogP contribution in [0.25, 0.3) is 10.2 Å². The number of anilines is 2. The average molecular weight is 440 g/mol. The quantitative estimate of drug-likeness (QED) is 0.352. The number of hydrogen-bond donors (Lipinski definition) is 1. The molecule has 2 aromatic carbocycles. The number of carbonyl (C=O) groups excluding carboxylic acids is 1. The molecule has 0 saturated carbocycles. The predicted molar refractivity (Wildman–Crippen MR) is 119 cm³/mol. The summed E-state index contributed by atoms with van der Waals surface area (Å²) in [5.74, 6) is 1.70. The first-order valence-electron chi connectivity index (χ1n) is 9.27. The number of hydrogen-bond acceptors (Lipinski definition) is 7. The van der Waals surface area contributed by atoms with Crippen LogP contribution in [0.1, 0.15) is 22.2 Å². The van der Waals surface area contributed by atoms with E-state index in [0.29, 0.717) is 33.8 Å². The number of halogens is 1. The minimum absolute atomic E-state index is 0.327. The molecule has 0 aliphatic carbocycles. The normalized spacial score (nSPS) is 10.8. The minimum atomic E-state index is -0.340. The molecule has 8 heteroatoms. The van der Waals surface area contributed by atoms with E-state index >= 15 is 0 Å². The van der Waals surface area contributed by atoms with E-state index in [0.717, 1.165) is 21.5 Å². The van der Waals surface area contributed by atoms with Crippen molar-refractivity contribution in [3.63, 3.8) is 0 Å². The van der Waals surface area contributed by atoms with Crippen LogP contribution in [0.3, 0.4) is 0 Å². The molecule has 4 aromatic rings. The molecule has 0 radical (unpaired) electrons. The van der Waals surface area contributed by atoms with Crippen LogP contribution < -0.4 is 10.1 Å². The number of nitrogens with zero attached hydrogens (tertiary/aromatic N) is 2. The van der Waals surface area contributed by atoms with Gasteiger partial charge in [-0.15, -0.1) is 11.3 Å². The van der Waals surface area contributed by atoms with E-state index in [1.54, 1.807) is 19.1 Å². The van der Waals surface area contributed by atoms with E-state index in [1.165, 1.54) is 17.7 Å². The van der Waals surface area contributed by atoms with E-state index in [-0.39, 0.29) is 5.97 Å². The molecule has 1 N–H and O–H groups in total. The van der Waals surface area contributed by atoms with Crippen LogP contribution in [-0.4, -0.2) is 22.5 Å². The van der Waals surface area contributed by atoms with Gasteiger partial charge in [0.15, 0.2) is 0 Å².